The fourth-order valence-corrected chi connectivity index (χ4v) is 2.48. The molecule has 20 heavy (non-hydrogen) atoms. The molecule has 1 aliphatic rings. The second-order valence-corrected chi connectivity index (χ2v) is 5.73. The SMILES string of the molecule is Cc1c(N)nc(C(C)C)nc1N1CCC(C(N)=O)CC1. The number of carbonyl (C=O) groups excluding carboxylic acids is 1. The summed E-state index contributed by atoms with van der Waals surface area (Å²) in [5, 5.41) is 0. The molecule has 1 aromatic heterocycles. The van der Waals surface area contributed by atoms with Crippen LogP contribution in [0.4, 0.5) is 11.6 Å². The van der Waals surface area contributed by atoms with Gasteiger partial charge >= 0.3 is 0 Å². The van der Waals surface area contributed by atoms with Gasteiger partial charge in [0, 0.05) is 30.5 Å². The van der Waals surface area contributed by atoms with Crippen LogP contribution in [0.25, 0.3) is 0 Å². The highest BCUT2D eigenvalue weighted by atomic mass is 16.1. The van der Waals surface area contributed by atoms with Gasteiger partial charge in [-0.2, -0.15) is 0 Å². The van der Waals surface area contributed by atoms with Crippen molar-refractivity contribution in [1.29, 1.82) is 0 Å². The number of carbonyl (C=O) groups is 1. The van der Waals surface area contributed by atoms with E-state index in [1.807, 2.05) is 20.8 Å². The molecule has 110 valence electrons. The number of anilines is 2. The fraction of sp³-hybridized carbons (Fsp3) is 0.643. The summed E-state index contributed by atoms with van der Waals surface area (Å²) in [6, 6.07) is 0. The maximum Gasteiger partial charge on any atom is 0.220 e. The summed E-state index contributed by atoms with van der Waals surface area (Å²) in [5.41, 5.74) is 12.3. The molecule has 2 heterocycles. The first-order valence-electron chi connectivity index (χ1n) is 7.08. The molecule has 0 unspecified atom stereocenters. The molecule has 0 spiro atoms. The van der Waals surface area contributed by atoms with Crippen molar-refractivity contribution in [2.75, 3.05) is 23.7 Å². The lowest BCUT2D eigenvalue weighted by molar-refractivity contribution is -0.122. The van der Waals surface area contributed by atoms with E-state index >= 15 is 0 Å². The molecule has 0 radical (unpaired) electrons. The molecule has 6 heteroatoms. The summed E-state index contributed by atoms with van der Waals surface area (Å²) in [6.45, 7) is 7.60. The van der Waals surface area contributed by atoms with Gasteiger partial charge in [0.15, 0.2) is 0 Å². The lowest BCUT2D eigenvalue weighted by Crippen LogP contribution is -2.39. The Morgan fingerprint density at radius 1 is 1.30 bits per heavy atom. The molecule has 0 aliphatic carbocycles. The van der Waals surface area contributed by atoms with Crippen molar-refractivity contribution >= 4 is 17.5 Å². The third-order valence-corrected chi connectivity index (χ3v) is 3.89. The van der Waals surface area contributed by atoms with E-state index in [1.165, 1.54) is 0 Å². The number of hydrogen-bond donors (Lipinski definition) is 2. The summed E-state index contributed by atoms with van der Waals surface area (Å²) >= 11 is 0. The predicted octanol–water partition coefficient (Wildman–Crippen LogP) is 1.19. The van der Waals surface area contributed by atoms with Crippen LogP contribution < -0.4 is 16.4 Å². The number of nitrogens with zero attached hydrogens (tertiary/aromatic N) is 3. The zero-order valence-corrected chi connectivity index (χ0v) is 12.4. The van der Waals surface area contributed by atoms with Gasteiger partial charge in [0.2, 0.25) is 5.91 Å². The van der Waals surface area contributed by atoms with Gasteiger partial charge in [-0.25, -0.2) is 9.97 Å². The van der Waals surface area contributed by atoms with Gasteiger partial charge in [-0.1, -0.05) is 13.8 Å². The van der Waals surface area contributed by atoms with Crippen molar-refractivity contribution in [3.63, 3.8) is 0 Å². The molecule has 0 saturated carbocycles. The van der Waals surface area contributed by atoms with Crippen LogP contribution in [0.3, 0.4) is 0 Å². The number of nitrogen functional groups attached to an aromatic ring is 1. The van der Waals surface area contributed by atoms with Crippen molar-refractivity contribution < 1.29 is 4.79 Å². The minimum Gasteiger partial charge on any atom is -0.383 e. The average Bonchev–Trinajstić information content (AvgIpc) is 2.41. The summed E-state index contributed by atoms with van der Waals surface area (Å²) in [5.74, 6) is 2.21. The normalized spacial score (nSPS) is 16.7. The monoisotopic (exact) mass is 277 g/mol. The largest absolute Gasteiger partial charge is 0.383 e. The van der Waals surface area contributed by atoms with Crippen LogP contribution in [0.5, 0.6) is 0 Å². The Balaban J connectivity index is 2.23. The molecular formula is C14H23N5O. The van der Waals surface area contributed by atoms with Gasteiger partial charge in [-0.05, 0) is 19.8 Å². The van der Waals surface area contributed by atoms with Gasteiger partial charge in [0.05, 0.1) is 0 Å². The molecule has 0 atom stereocenters. The topological polar surface area (TPSA) is 98.1 Å². The van der Waals surface area contributed by atoms with Gasteiger partial charge in [0.1, 0.15) is 17.5 Å². The molecular weight excluding hydrogens is 254 g/mol. The van der Waals surface area contributed by atoms with Crippen LogP contribution in [-0.2, 0) is 4.79 Å². The van der Waals surface area contributed by atoms with Crippen molar-refractivity contribution in [2.24, 2.45) is 11.7 Å². The van der Waals surface area contributed by atoms with Crippen LogP contribution in [0.1, 0.15) is 44.0 Å². The first-order chi connectivity index (χ1) is 9.40. The van der Waals surface area contributed by atoms with E-state index in [2.05, 4.69) is 14.9 Å². The molecule has 1 saturated heterocycles. The summed E-state index contributed by atoms with van der Waals surface area (Å²) < 4.78 is 0. The van der Waals surface area contributed by atoms with Crippen molar-refractivity contribution in [2.45, 2.75) is 39.5 Å². The van der Waals surface area contributed by atoms with Gasteiger partial charge in [-0.15, -0.1) is 0 Å². The molecule has 1 aromatic rings. The maximum atomic E-state index is 11.2. The molecule has 4 N–H and O–H groups in total. The van der Waals surface area contributed by atoms with E-state index in [-0.39, 0.29) is 17.7 Å². The van der Waals surface area contributed by atoms with Crippen LogP contribution in [0.15, 0.2) is 0 Å². The first-order valence-corrected chi connectivity index (χ1v) is 7.08. The molecule has 6 nitrogen and oxygen atoms in total. The van der Waals surface area contributed by atoms with Crippen LogP contribution in [0.2, 0.25) is 0 Å². The minimum absolute atomic E-state index is 0.0182. The maximum absolute atomic E-state index is 11.2. The number of amides is 1. The third-order valence-electron chi connectivity index (χ3n) is 3.89. The van der Waals surface area contributed by atoms with E-state index in [0.29, 0.717) is 5.82 Å². The van der Waals surface area contributed by atoms with E-state index < -0.39 is 0 Å². The second-order valence-electron chi connectivity index (χ2n) is 5.73. The van der Waals surface area contributed by atoms with E-state index in [1.54, 1.807) is 0 Å². The minimum atomic E-state index is -0.202. The van der Waals surface area contributed by atoms with E-state index in [4.69, 9.17) is 11.5 Å². The highest BCUT2D eigenvalue weighted by molar-refractivity contribution is 5.77. The highest BCUT2D eigenvalue weighted by Crippen LogP contribution is 2.28. The number of hydrogen-bond acceptors (Lipinski definition) is 5. The zero-order chi connectivity index (χ0) is 14.9. The van der Waals surface area contributed by atoms with Crippen LogP contribution >= 0.6 is 0 Å². The number of piperidine rings is 1. The quantitative estimate of drug-likeness (QED) is 0.864. The Morgan fingerprint density at radius 3 is 2.40 bits per heavy atom. The number of nitrogens with two attached hydrogens (primary N) is 2. The molecule has 1 fully saturated rings. The predicted molar refractivity (Wildman–Crippen MR) is 79.4 cm³/mol. The molecule has 2 rings (SSSR count). The third kappa shape index (κ3) is 2.84. The average molecular weight is 277 g/mol. The number of rotatable bonds is 3. The Bertz CT molecular complexity index is 507. The van der Waals surface area contributed by atoms with Crippen LogP contribution in [-0.4, -0.2) is 29.0 Å². The lowest BCUT2D eigenvalue weighted by Gasteiger charge is -2.32. The van der Waals surface area contributed by atoms with Gasteiger partial charge in [-0.3, -0.25) is 4.79 Å². The molecule has 0 aromatic carbocycles. The highest BCUT2D eigenvalue weighted by Gasteiger charge is 2.25. The Labute approximate surface area is 119 Å². The lowest BCUT2D eigenvalue weighted by atomic mass is 9.96. The van der Waals surface area contributed by atoms with Crippen LogP contribution in [0, 0.1) is 12.8 Å². The summed E-state index contributed by atoms with van der Waals surface area (Å²) in [6.07, 6.45) is 1.55. The van der Waals surface area contributed by atoms with Gasteiger partial charge < -0.3 is 16.4 Å². The van der Waals surface area contributed by atoms with Crippen molar-refractivity contribution in [1.82, 2.24) is 9.97 Å². The molecule has 0 bridgehead atoms. The molecule has 1 amide bonds. The van der Waals surface area contributed by atoms with E-state index in [9.17, 15) is 4.79 Å². The van der Waals surface area contributed by atoms with Gasteiger partial charge in [0.25, 0.3) is 0 Å². The Morgan fingerprint density at radius 2 is 1.90 bits per heavy atom. The standard InChI is InChI=1S/C14H23N5O/c1-8(2)13-17-11(15)9(3)14(18-13)19-6-4-10(5-7-19)12(16)20/h8,10H,4-7H2,1-3H3,(H2,16,20)(H2,15,17,18). The number of aromatic nitrogens is 2. The smallest absolute Gasteiger partial charge is 0.220 e. The first kappa shape index (κ1) is 14.6. The second kappa shape index (κ2) is 5.64. The number of primary amides is 1. The summed E-state index contributed by atoms with van der Waals surface area (Å²) in [4.78, 5) is 22.4. The summed E-state index contributed by atoms with van der Waals surface area (Å²) in [7, 11) is 0. The zero-order valence-electron chi connectivity index (χ0n) is 12.4. The van der Waals surface area contributed by atoms with Crippen molar-refractivity contribution in [3.05, 3.63) is 11.4 Å². The Hall–Kier alpha value is -1.85. The van der Waals surface area contributed by atoms with Crippen molar-refractivity contribution in [3.8, 4) is 0 Å². The Kier molecular flexibility index (Phi) is 4.11. The fourth-order valence-electron chi connectivity index (χ4n) is 2.48. The molecule has 1 aliphatic heterocycles. The van der Waals surface area contributed by atoms with E-state index in [0.717, 1.165) is 43.1 Å².